The first-order valence-corrected chi connectivity index (χ1v) is 4.59. The molecule has 0 bridgehead atoms. The summed E-state index contributed by atoms with van der Waals surface area (Å²) in [6.07, 6.45) is 4.07. The number of rotatable bonds is 6. The zero-order valence-electron chi connectivity index (χ0n) is 8.64. The molecule has 0 saturated heterocycles. The standard InChI is InChI=1S/C9H17N3O2/c1-13-9(14-2)8-6-11-7-12(8)5-3-4-10/h6-7,9H,3-5,10H2,1-2H3. The third kappa shape index (κ3) is 2.54. The van der Waals surface area contributed by atoms with Gasteiger partial charge in [0.1, 0.15) is 0 Å². The summed E-state index contributed by atoms with van der Waals surface area (Å²) in [5, 5.41) is 0. The van der Waals surface area contributed by atoms with E-state index < -0.39 is 0 Å². The van der Waals surface area contributed by atoms with Crippen LogP contribution in [0.2, 0.25) is 0 Å². The van der Waals surface area contributed by atoms with Gasteiger partial charge in [-0.3, -0.25) is 0 Å². The third-order valence-corrected chi connectivity index (χ3v) is 2.02. The molecule has 1 heterocycles. The van der Waals surface area contributed by atoms with E-state index in [4.69, 9.17) is 15.2 Å². The van der Waals surface area contributed by atoms with Gasteiger partial charge in [0.25, 0.3) is 0 Å². The number of aromatic nitrogens is 2. The summed E-state index contributed by atoms with van der Waals surface area (Å²) in [7, 11) is 3.21. The van der Waals surface area contributed by atoms with Crippen LogP contribution in [-0.2, 0) is 16.0 Å². The molecule has 0 aliphatic heterocycles. The fourth-order valence-corrected chi connectivity index (χ4v) is 1.31. The molecule has 0 radical (unpaired) electrons. The first kappa shape index (κ1) is 11.2. The molecule has 0 spiro atoms. The predicted molar refractivity (Wildman–Crippen MR) is 52.7 cm³/mol. The highest BCUT2D eigenvalue weighted by Gasteiger charge is 2.13. The molecular weight excluding hydrogens is 182 g/mol. The Labute approximate surface area is 83.8 Å². The van der Waals surface area contributed by atoms with Crippen LogP contribution in [-0.4, -0.2) is 30.3 Å². The van der Waals surface area contributed by atoms with Crippen molar-refractivity contribution in [3.8, 4) is 0 Å². The van der Waals surface area contributed by atoms with E-state index in [2.05, 4.69) is 4.98 Å². The highest BCUT2D eigenvalue weighted by Crippen LogP contribution is 2.16. The van der Waals surface area contributed by atoms with Crippen LogP contribution in [0.1, 0.15) is 18.4 Å². The number of ether oxygens (including phenoxy) is 2. The highest BCUT2D eigenvalue weighted by atomic mass is 16.7. The summed E-state index contributed by atoms with van der Waals surface area (Å²) >= 11 is 0. The molecule has 0 aromatic carbocycles. The van der Waals surface area contributed by atoms with Gasteiger partial charge in [0.2, 0.25) is 0 Å². The molecule has 0 saturated carbocycles. The zero-order valence-corrected chi connectivity index (χ0v) is 8.64. The largest absolute Gasteiger partial charge is 0.350 e. The van der Waals surface area contributed by atoms with E-state index in [0.717, 1.165) is 18.7 Å². The SMILES string of the molecule is COC(OC)c1cncn1CCCN. The lowest BCUT2D eigenvalue weighted by atomic mass is 10.4. The Hall–Kier alpha value is -0.910. The Bertz CT molecular complexity index is 258. The molecule has 0 atom stereocenters. The summed E-state index contributed by atoms with van der Waals surface area (Å²) < 4.78 is 12.3. The van der Waals surface area contributed by atoms with E-state index >= 15 is 0 Å². The molecule has 0 fully saturated rings. The van der Waals surface area contributed by atoms with Crippen molar-refractivity contribution in [2.45, 2.75) is 19.3 Å². The van der Waals surface area contributed by atoms with Crippen LogP contribution in [0.4, 0.5) is 0 Å². The third-order valence-electron chi connectivity index (χ3n) is 2.02. The number of nitrogens with two attached hydrogens (primary N) is 1. The average Bonchev–Trinajstić information content (AvgIpc) is 2.65. The van der Waals surface area contributed by atoms with Gasteiger partial charge in [0.15, 0.2) is 6.29 Å². The first-order chi connectivity index (χ1) is 6.83. The lowest BCUT2D eigenvalue weighted by Gasteiger charge is -2.15. The smallest absolute Gasteiger partial charge is 0.200 e. The first-order valence-electron chi connectivity index (χ1n) is 4.59. The Balaban J connectivity index is 2.69. The summed E-state index contributed by atoms with van der Waals surface area (Å²) in [6, 6.07) is 0. The van der Waals surface area contributed by atoms with Gasteiger partial charge in [-0.15, -0.1) is 0 Å². The van der Waals surface area contributed by atoms with Crippen molar-refractivity contribution in [2.24, 2.45) is 5.73 Å². The van der Waals surface area contributed by atoms with Crippen LogP contribution < -0.4 is 5.73 Å². The fraction of sp³-hybridized carbons (Fsp3) is 0.667. The number of methoxy groups -OCH3 is 2. The Kier molecular flexibility index (Phi) is 4.58. The van der Waals surface area contributed by atoms with Crippen molar-refractivity contribution in [3.63, 3.8) is 0 Å². The molecule has 14 heavy (non-hydrogen) atoms. The van der Waals surface area contributed by atoms with Crippen LogP contribution in [0.15, 0.2) is 12.5 Å². The van der Waals surface area contributed by atoms with Gasteiger partial charge in [-0.1, -0.05) is 0 Å². The predicted octanol–water partition coefficient (Wildman–Crippen LogP) is 0.523. The van der Waals surface area contributed by atoms with Crippen molar-refractivity contribution >= 4 is 0 Å². The minimum atomic E-state index is -0.352. The van der Waals surface area contributed by atoms with Crippen LogP contribution in [0, 0.1) is 0 Å². The lowest BCUT2D eigenvalue weighted by Crippen LogP contribution is -2.12. The molecule has 80 valence electrons. The normalized spacial score (nSPS) is 11.1. The highest BCUT2D eigenvalue weighted by molar-refractivity contribution is 5.00. The van der Waals surface area contributed by atoms with Crippen molar-refractivity contribution in [2.75, 3.05) is 20.8 Å². The van der Waals surface area contributed by atoms with Gasteiger partial charge in [-0.2, -0.15) is 0 Å². The number of aryl methyl sites for hydroxylation is 1. The van der Waals surface area contributed by atoms with Crippen LogP contribution >= 0.6 is 0 Å². The maximum absolute atomic E-state index is 5.44. The molecule has 0 aliphatic carbocycles. The van der Waals surface area contributed by atoms with Gasteiger partial charge in [0, 0.05) is 20.8 Å². The second kappa shape index (κ2) is 5.74. The topological polar surface area (TPSA) is 62.3 Å². The molecule has 1 aromatic heterocycles. The number of hydrogen-bond donors (Lipinski definition) is 1. The van der Waals surface area contributed by atoms with Crippen LogP contribution in [0.25, 0.3) is 0 Å². The van der Waals surface area contributed by atoms with Gasteiger partial charge in [-0.25, -0.2) is 4.98 Å². The number of nitrogens with zero attached hydrogens (tertiary/aromatic N) is 2. The van der Waals surface area contributed by atoms with E-state index in [1.165, 1.54) is 0 Å². The van der Waals surface area contributed by atoms with Crippen molar-refractivity contribution in [1.29, 1.82) is 0 Å². The maximum atomic E-state index is 5.44. The average molecular weight is 199 g/mol. The minimum absolute atomic E-state index is 0.352. The second-order valence-corrected chi connectivity index (χ2v) is 2.96. The van der Waals surface area contributed by atoms with Crippen LogP contribution in [0.5, 0.6) is 0 Å². The molecule has 2 N–H and O–H groups in total. The van der Waals surface area contributed by atoms with Gasteiger partial charge in [0.05, 0.1) is 18.2 Å². The zero-order chi connectivity index (χ0) is 10.4. The summed E-state index contributed by atoms with van der Waals surface area (Å²) in [5.41, 5.74) is 6.36. The van der Waals surface area contributed by atoms with E-state index in [9.17, 15) is 0 Å². The molecule has 5 heteroatoms. The van der Waals surface area contributed by atoms with Crippen molar-refractivity contribution < 1.29 is 9.47 Å². The summed E-state index contributed by atoms with van der Waals surface area (Å²) in [6.45, 7) is 1.51. The van der Waals surface area contributed by atoms with E-state index in [1.807, 2.05) is 4.57 Å². The number of imidazole rings is 1. The quantitative estimate of drug-likeness (QED) is 0.679. The minimum Gasteiger partial charge on any atom is -0.350 e. The van der Waals surface area contributed by atoms with Crippen molar-refractivity contribution in [3.05, 3.63) is 18.2 Å². The van der Waals surface area contributed by atoms with Crippen LogP contribution in [0.3, 0.4) is 0 Å². The van der Waals surface area contributed by atoms with Gasteiger partial charge in [-0.05, 0) is 13.0 Å². The monoisotopic (exact) mass is 199 g/mol. The maximum Gasteiger partial charge on any atom is 0.200 e. The molecule has 0 unspecified atom stereocenters. The summed E-state index contributed by atoms with van der Waals surface area (Å²) in [4.78, 5) is 4.05. The molecule has 1 aromatic rings. The van der Waals surface area contributed by atoms with E-state index in [0.29, 0.717) is 6.54 Å². The van der Waals surface area contributed by atoms with Gasteiger partial charge >= 0.3 is 0 Å². The van der Waals surface area contributed by atoms with Crippen molar-refractivity contribution in [1.82, 2.24) is 9.55 Å². The Morgan fingerprint density at radius 1 is 1.50 bits per heavy atom. The Morgan fingerprint density at radius 3 is 2.79 bits per heavy atom. The second-order valence-electron chi connectivity index (χ2n) is 2.96. The molecule has 0 amide bonds. The molecule has 1 rings (SSSR count). The lowest BCUT2D eigenvalue weighted by molar-refractivity contribution is -0.110. The van der Waals surface area contributed by atoms with E-state index in [1.54, 1.807) is 26.7 Å². The molecule has 0 aliphatic rings. The Morgan fingerprint density at radius 2 is 2.21 bits per heavy atom. The fourth-order valence-electron chi connectivity index (χ4n) is 1.31. The van der Waals surface area contributed by atoms with E-state index in [-0.39, 0.29) is 6.29 Å². The number of hydrogen-bond acceptors (Lipinski definition) is 4. The molecule has 5 nitrogen and oxygen atoms in total. The van der Waals surface area contributed by atoms with Gasteiger partial charge < -0.3 is 19.8 Å². The molecular formula is C9H17N3O2. The summed E-state index contributed by atoms with van der Waals surface area (Å²) in [5.74, 6) is 0.